The van der Waals surface area contributed by atoms with Crippen molar-refractivity contribution in [2.45, 2.75) is 6.18 Å². The maximum Gasteiger partial charge on any atom is 0.451 e. The molecule has 0 radical (unpaired) electrons. The molecule has 0 saturated heterocycles. The van der Waals surface area contributed by atoms with Crippen molar-refractivity contribution in [1.82, 2.24) is 19.5 Å². The second-order valence-corrected chi connectivity index (χ2v) is 3.17. The molecule has 0 saturated carbocycles. The number of nitrogens with zero attached hydrogens (tertiary/aromatic N) is 4. The smallest absolute Gasteiger partial charge is 0.371 e. The molecule has 0 aliphatic heterocycles. The lowest BCUT2D eigenvalue weighted by molar-refractivity contribution is -0.144. The minimum absolute atomic E-state index is 0.0675. The summed E-state index contributed by atoms with van der Waals surface area (Å²) in [5, 5.41) is 2.57. The van der Waals surface area contributed by atoms with Gasteiger partial charge in [0.05, 0.1) is 6.33 Å². The van der Waals surface area contributed by atoms with Crippen molar-refractivity contribution >= 4 is 17.0 Å². The van der Waals surface area contributed by atoms with E-state index in [2.05, 4.69) is 20.3 Å². The zero-order valence-corrected chi connectivity index (χ0v) is 8.50. The third-order valence-corrected chi connectivity index (χ3v) is 2.05. The topological polar surface area (TPSA) is 55.6 Å². The van der Waals surface area contributed by atoms with Gasteiger partial charge < -0.3 is 9.88 Å². The van der Waals surface area contributed by atoms with Crippen molar-refractivity contribution in [3.63, 3.8) is 0 Å². The number of fused-ring (bicyclic) bond motifs is 1. The van der Waals surface area contributed by atoms with E-state index >= 15 is 0 Å². The molecule has 2 aromatic rings. The van der Waals surface area contributed by atoms with Gasteiger partial charge in [-0.05, 0) is 0 Å². The standard InChI is InChI=1S/C8H8F3N5/c1-12-5-4-6(16(2)3-13-4)15-7(14-5)8(9,10)11/h3H,1-2H3,(H,12,14,15). The van der Waals surface area contributed by atoms with Crippen molar-refractivity contribution < 1.29 is 13.2 Å². The first kappa shape index (κ1) is 10.7. The zero-order chi connectivity index (χ0) is 11.9. The van der Waals surface area contributed by atoms with Crippen LogP contribution in [0.4, 0.5) is 19.0 Å². The molecule has 0 bridgehead atoms. The van der Waals surface area contributed by atoms with Gasteiger partial charge in [0.25, 0.3) is 0 Å². The number of aryl methyl sites for hydroxylation is 1. The molecule has 16 heavy (non-hydrogen) atoms. The summed E-state index contributed by atoms with van der Waals surface area (Å²) >= 11 is 0. The van der Waals surface area contributed by atoms with Crippen molar-refractivity contribution in [3.05, 3.63) is 12.2 Å². The molecule has 0 fully saturated rings. The lowest BCUT2D eigenvalue weighted by Crippen LogP contribution is -2.13. The van der Waals surface area contributed by atoms with Crippen molar-refractivity contribution in [2.24, 2.45) is 7.05 Å². The fraction of sp³-hybridized carbons (Fsp3) is 0.375. The summed E-state index contributed by atoms with van der Waals surface area (Å²) in [6.07, 6.45) is -3.18. The molecule has 0 aliphatic carbocycles. The van der Waals surface area contributed by atoms with Crippen LogP contribution in [-0.4, -0.2) is 26.6 Å². The van der Waals surface area contributed by atoms with Gasteiger partial charge in [0.1, 0.15) is 5.52 Å². The maximum atomic E-state index is 12.5. The number of anilines is 1. The molecule has 0 amide bonds. The van der Waals surface area contributed by atoms with Crippen LogP contribution >= 0.6 is 0 Å². The normalized spacial score (nSPS) is 12.1. The van der Waals surface area contributed by atoms with Crippen LogP contribution in [-0.2, 0) is 13.2 Å². The van der Waals surface area contributed by atoms with E-state index in [0.29, 0.717) is 5.52 Å². The van der Waals surface area contributed by atoms with E-state index in [4.69, 9.17) is 0 Å². The summed E-state index contributed by atoms with van der Waals surface area (Å²) in [5.74, 6) is -1.11. The molecule has 0 aliphatic rings. The second kappa shape index (κ2) is 3.32. The number of hydrogen-bond donors (Lipinski definition) is 1. The van der Waals surface area contributed by atoms with Crippen LogP contribution in [0.15, 0.2) is 6.33 Å². The minimum atomic E-state index is -4.57. The predicted octanol–water partition coefficient (Wildman–Crippen LogP) is 1.42. The Balaban J connectivity index is 2.76. The van der Waals surface area contributed by atoms with Gasteiger partial charge in [-0.1, -0.05) is 0 Å². The van der Waals surface area contributed by atoms with Gasteiger partial charge in [-0.3, -0.25) is 0 Å². The Morgan fingerprint density at radius 2 is 2.00 bits per heavy atom. The number of alkyl halides is 3. The Morgan fingerprint density at radius 1 is 1.31 bits per heavy atom. The highest BCUT2D eigenvalue weighted by Gasteiger charge is 2.36. The van der Waals surface area contributed by atoms with E-state index in [-0.39, 0.29) is 11.5 Å². The molecule has 2 rings (SSSR count). The summed E-state index contributed by atoms with van der Waals surface area (Å²) < 4.78 is 38.9. The molecule has 0 atom stereocenters. The lowest BCUT2D eigenvalue weighted by atomic mass is 10.4. The minimum Gasteiger partial charge on any atom is -0.371 e. The van der Waals surface area contributed by atoms with Crippen molar-refractivity contribution in [3.8, 4) is 0 Å². The number of hydrogen-bond acceptors (Lipinski definition) is 4. The molecule has 1 N–H and O–H groups in total. The Morgan fingerprint density at radius 3 is 2.56 bits per heavy atom. The van der Waals surface area contributed by atoms with Gasteiger partial charge in [-0.15, -0.1) is 0 Å². The van der Waals surface area contributed by atoms with Gasteiger partial charge >= 0.3 is 6.18 Å². The quantitative estimate of drug-likeness (QED) is 0.806. The summed E-state index contributed by atoms with van der Waals surface area (Å²) in [6.45, 7) is 0. The van der Waals surface area contributed by atoms with Crippen LogP contribution in [0.25, 0.3) is 11.2 Å². The summed E-state index contributed by atoms with van der Waals surface area (Å²) in [7, 11) is 3.05. The monoisotopic (exact) mass is 231 g/mol. The first-order valence-corrected chi connectivity index (χ1v) is 4.37. The van der Waals surface area contributed by atoms with Crippen LogP contribution in [0, 0.1) is 0 Å². The van der Waals surface area contributed by atoms with E-state index in [1.54, 1.807) is 7.05 Å². The summed E-state index contributed by atoms with van der Waals surface area (Å²) in [4.78, 5) is 10.7. The molecule has 0 aromatic carbocycles. The third-order valence-electron chi connectivity index (χ3n) is 2.05. The average Bonchev–Trinajstić information content (AvgIpc) is 2.58. The molecule has 8 heteroatoms. The Labute approximate surface area is 88.3 Å². The highest BCUT2D eigenvalue weighted by molar-refractivity contribution is 5.82. The van der Waals surface area contributed by atoms with Crippen molar-refractivity contribution in [2.75, 3.05) is 12.4 Å². The van der Waals surface area contributed by atoms with Gasteiger partial charge in [-0.2, -0.15) is 13.2 Å². The average molecular weight is 231 g/mol. The first-order valence-electron chi connectivity index (χ1n) is 4.37. The third kappa shape index (κ3) is 1.55. The first-order chi connectivity index (χ1) is 7.43. The summed E-state index contributed by atoms with van der Waals surface area (Å²) in [5.41, 5.74) is 0.463. The highest BCUT2D eigenvalue weighted by atomic mass is 19.4. The molecule has 2 heterocycles. The Hall–Kier alpha value is -1.86. The van der Waals surface area contributed by atoms with Crippen LogP contribution in [0.2, 0.25) is 0 Å². The molecular formula is C8H8F3N5. The fourth-order valence-corrected chi connectivity index (χ4v) is 1.31. The van der Waals surface area contributed by atoms with Crippen LogP contribution in [0.5, 0.6) is 0 Å². The van der Waals surface area contributed by atoms with E-state index in [9.17, 15) is 13.2 Å². The molecule has 5 nitrogen and oxygen atoms in total. The molecule has 86 valence electrons. The number of halogens is 3. The number of nitrogens with one attached hydrogen (secondary N) is 1. The number of imidazole rings is 1. The Kier molecular flexibility index (Phi) is 2.21. The summed E-state index contributed by atoms with van der Waals surface area (Å²) in [6, 6.07) is 0. The molecular weight excluding hydrogens is 223 g/mol. The Bertz CT molecular complexity index is 530. The van der Waals surface area contributed by atoms with Gasteiger partial charge in [0, 0.05) is 14.1 Å². The maximum absolute atomic E-state index is 12.5. The number of rotatable bonds is 1. The molecule has 0 unspecified atom stereocenters. The van der Waals surface area contributed by atoms with Crippen molar-refractivity contribution in [1.29, 1.82) is 0 Å². The molecule has 2 aromatic heterocycles. The van der Waals surface area contributed by atoms with Crippen LogP contribution in [0.3, 0.4) is 0 Å². The van der Waals surface area contributed by atoms with E-state index in [0.717, 1.165) is 0 Å². The molecule has 0 spiro atoms. The van der Waals surface area contributed by atoms with E-state index < -0.39 is 12.0 Å². The largest absolute Gasteiger partial charge is 0.451 e. The predicted molar refractivity (Wildman–Crippen MR) is 50.9 cm³/mol. The fourth-order valence-electron chi connectivity index (χ4n) is 1.31. The van der Waals surface area contributed by atoms with Crippen LogP contribution in [0.1, 0.15) is 5.82 Å². The van der Waals surface area contributed by atoms with E-state index in [1.165, 1.54) is 17.9 Å². The second-order valence-electron chi connectivity index (χ2n) is 3.17. The van der Waals surface area contributed by atoms with Gasteiger partial charge in [0.2, 0.25) is 5.82 Å². The van der Waals surface area contributed by atoms with Gasteiger partial charge in [-0.25, -0.2) is 15.0 Å². The number of aromatic nitrogens is 4. The van der Waals surface area contributed by atoms with Crippen LogP contribution < -0.4 is 5.32 Å². The lowest BCUT2D eigenvalue weighted by Gasteiger charge is -2.07. The van der Waals surface area contributed by atoms with Gasteiger partial charge in [0.15, 0.2) is 11.5 Å². The zero-order valence-electron chi connectivity index (χ0n) is 8.50. The highest BCUT2D eigenvalue weighted by Crippen LogP contribution is 2.29. The van der Waals surface area contributed by atoms with E-state index in [1.807, 2.05) is 0 Å². The SMILES string of the molecule is CNc1nc(C(F)(F)F)nc2c1ncn2C.